The lowest BCUT2D eigenvalue weighted by molar-refractivity contribution is -0.889. The Kier molecular flexibility index (Phi) is 7.29. The standard InChI is InChI=1S/C20H26N2O3/c1-4-22(13-14-25-17-11-9-16(2)10-12-17)15-20(23)21-18-7-5-6-8-19(18)24-3/h5-12H,4,13-15H2,1-3H3,(H,21,23)/p+1. The van der Waals surface area contributed by atoms with Crippen LogP contribution >= 0.6 is 0 Å². The minimum absolute atomic E-state index is 0.0308. The average Bonchev–Trinajstić information content (AvgIpc) is 2.63. The van der Waals surface area contributed by atoms with Gasteiger partial charge in [0.2, 0.25) is 0 Å². The van der Waals surface area contributed by atoms with Crippen molar-refractivity contribution in [3.05, 3.63) is 54.1 Å². The molecule has 0 heterocycles. The third-order valence-electron chi connectivity index (χ3n) is 4.04. The smallest absolute Gasteiger partial charge is 0.279 e. The Morgan fingerprint density at radius 3 is 2.52 bits per heavy atom. The predicted octanol–water partition coefficient (Wildman–Crippen LogP) is 1.93. The summed E-state index contributed by atoms with van der Waals surface area (Å²) in [6, 6.07) is 15.4. The molecule has 0 radical (unpaired) electrons. The fourth-order valence-corrected chi connectivity index (χ4v) is 2.51. The van der Waals surface area contributed by atoms with Gasteiger partial charge in [-0.15, -0.1) is 0 Å². The molecule has 0 spiro atoms. The van der Waals surface area contributed by atoms with Gasteiger partial charge in [-0.2, -0.15) is 0 Å². The van der Waals surface area contributed by atoms with E-state index in [1.54, 1.807) is 7.11 Å². The molecular weight excluding hydrogens is 316 g/mol. The molecule has 25 heavy (non-hydrogen) atoms. The lowest BCUT2D eigenvalue weighted by Crippen LogP contribution is -3.13. The second-order valence-electron chi connectivity index (χ2n) is 5.94. The summed E-state index contributed by atoms with van der Waals surface area (Å²) in [6.45, 7) is 6.71. The zero-order valence-corrected chi connectivity index (χ0v) is 15.2. The quantitative estimate of drug-likeness (QED) is 0.731. The molecule has 0 aliphatic rings. The van der Waals surface area contributed by atoms with Gasteiger partial charge in [0.25, 0.3) is 5.91 Å². The van der Waals surface area contributed by atoms with Gasteiger partial charge >= 0.3 is 0 Å². The van der Waals surface area contributed by atoms with E-state index in [1.807, 2.05) is 55.5 Å². The minimum Gasteiger partial charge on any atom is -0.495 e. The van der Waals surface area contributed by atoms with Gasteiger partial charge in [0.1, 0.15) is 24.7 Å². The molecule has 134 valence electrons. The average molecular weight is 343 g/mol. The lowest BCUT2D eigenvalue weighted by atomic mass is 10.2. The molecule has 0 aliphatic heterocycles. The Bertz CT molecular complexity index is 671. The van der Waals surface area contributed by atoms with E-state index in [0.717, 1.165) is 18.8 Å². The molecular formula is C20H27N2O3+. The van der Waals surface area contributed by atoms with Crippen LogP contribution in [-0.4, -0.2) is 39.3 Å². The molecule has 1 amide bonds. The van der Waals surface area contributed by atoms with Crippen LogP contribution in [0.2, 0.25) is 0 Å². The third kappa shape index (κ3) is 6.12. The van der Waals surface area contributed by atoms with Gasteiger partial charge in [0.05, 0.1) is 19.3 Å². The SMILES string of the molecule is CC[NH+](CCOc1ccc(C)cc1)CC(=O)Nc1ccccc1OC. The Morgan fingerprint density at radius 2 is 1.84 bits per heavy atom. The first kappa shape index (κ1) is 18.8. The van der Waals surface area contributed by atoms with E-state index in [9.17, 15) is 4.79 Å². The fraction of sp³-hybridized carbons (Fsp3) is 0.350. The van der Waals surface area contributed by atoms with Gasteiger partial charge < -0.3 is 19.7 Å². The van der Waals surface area contributed by atoms with Gasteiger partial charge in [0.15, 0.2) is 6.54 Å². The third-order valence-corrected chi connectivity index (χ3v) is 4.04. The number of likely N-dealkylation sites (N-methyl/N-ethyl adjacent to an activating group) is 1. The molecule has 2 rings (SSSR count). The van der Waals surface area contributed by atoms with E-state index in [-0.39, 0.29) is 5.91 Å². The van der Waals surface area contributed by atoms with Crippen molar-refractivity contribution in [2.45, 2.75) is 13.8 Å². The van der Waals surface area contributed by atoms with E-state index in [2.05, 4.69) is 12.2 Å². The molecule has 0 aromatic heterocycles. The highest BCUT2D eigenvalue weighted by molar-refractivity contribution is 5.92. The van der Waals surface area contributed by atoms with Gasteiger partial charge in [-0.05, 0) is 38.1 Å². The van der Waals surface area contributed by atoms with Crippen LogP contribution in [-0.2, 0) is 4.79 Å². The number of benzene rings is 2. The number of anilines is 1. The zero-order valence-electron chi connectivity index (χ0n) is 15.2. The number of amides is 1. The number of methoxy groups -OCH3 is 1. The van der Waals surface area contributed by atoms with Crippen LogP contribution in [0.5, 0.6) is 11.5 Å². The number of carbonyl (C=O) groups excluding carboxylic acids is 1. The van der Waals surface area contributed by atoms with E-state index < -0.39 is 0 Å². The Hall–Kier alpha value is -2.53. The van der Waals surface area contributed by atoms with Crippen molar-refractivity contribution >= 4 is 11.6 Å². The molecule has 0 aliphatic carbocycles. The number of nitrogens with one attached hydrogen (secondary N) is 2. The van der Waals surface area contributed by atoms with Gasteiger partial charge in [0, 0.05) is 0 Å². The molecule has 5 nitrogen and oxygen atoms in total. The molecule has 5 heteroatoms. The summed E-state index contributed by atoms with van der Waals surface area (Å²) in [4.78, 5) is 13.5. The van der Waals surface area contributed by atoms with Crippen molar-refractivity contribution in [3.63, 3.8) is 0 Å². The first-order valence-corrected chi connectivity index (χ1v) is 8.58. The molecule has 2 aromatic carbocycles. The number of carbonyl (C=O) groups is 1. The van der Waals surface area contributed by atoms with Crippen LogP contribution < -0.4 is 19.7 Å². The highest BCUT2D eigenvalue weighted by atomic mass is 16.5. The maximum atomic E-state index is 12.3. The monoisotopic (exact) mass is 343 g/mol. The van der Waals surface area contributed by atoms with Crippen molar-refractivity contribution in [2.75, 3.05) is 38.7 Å². The van der Waals surface area contributed by atoms with Crippen molar-refractivity contribution in [1.82, 2.24) is 0 Å². The second-order valence-corrected chi connectivity index (χ2v) is 5.94. The van der Waals surface area contributed by atoms with E-state index >= 15 is 0 Å². The molecule has 0 bridgehead atoms. The molecule has 0 saturated heterocycles. The summed E-state index contributed by atoms with van der Waals surface area (Å²) in [5.41, 5.74) is 1.91. The number of hydrogen-bond donors (Lipinski definition) is 2. The molecule has 0 fully saturated rings. The number of rotatable bonds is 9. The van der Waals surface area contributed by atoms with Gasteiger partial charge in [-0.25, -0.2) is 0 Å². The van der Waals surface area contributed by atoms with Crippen LogP contribution in [0.25, 0.3) is 0 Å². The number of quaternary nitrogens is 1. The molecule has 0 saturated carbocycles. The molecule has 2 N–H and O–H groups in total. The normalized spacial score (nSPS) is 11.6. The molecule has 2 aromatic rings. The largest absolute Gasteiger partial charge is 0.495 e. The summed E-state index contributed by atoms with van der Waals surface area (Å²) in [5.74, 6) is 1.49. The van der Waals surface area contributed by atoms with Crippen molar-refractivity contribution < 1.29 is 19.2 Å². The summed E-state index contributed by atoms with van der Waals surface area (Å²) in [5, 5.41) is 2.91. The minimum atomic E-state index is -0.0308. The topological polar surface area (TPSA) is 52.0 Å². The summed E-state index contributed by atoms with van der Waals surface area (Å²) >= 11 is 0. The Morgan fingerprint density at radius 1 is 1.12 bits per heavy atom. The molecule has 1 unspecified atom stereocenters. The number of para-hydroxylation sites is 2. The highest BCUT2D eigenvalue weighted by Crippen LogP contribution is 2.22. The first-order chi connectivity index (χ1) is 12.1. The van der Waals surface area contributed by atoms with Crippen LogP contribution in [0.15, 0.2) is 48.5 Å². The summed E-state index contributed by atoms with van der Waals surface area (Å²) in [7, 11) is 1.59. The molecule has 1 atom stereocenters. The van der Waals surface area contributed by atoms with Gasteiger partial charge in [-0.1, -0.05) is 29.8 Å². The predicted molar refractivity (Wildman–Crippen MR) is 99.5 cm³/mol. The summed E-state index contributed by atoms with van der Waals surface area (Å²) in [6.07, 6.45) is 0. The van der Waals surface area contributed by atoms with E-state index in [4.69, 9.17) is 9.47 Å². The zero-order chi connectivity index (χ0) is 18.1. The van der Waals surface area contributed by atoms with Crippen LogP contribution in [0.3, 0.4) is 0 Å². The lowest BCUT2D eigenvalue weighted by Gasteiger charge is -2.18. The van der Waals surface area contributed by atoms with Crippen molar-refractivity contribution in [1.29, 1.82) is 0 Å². The number of hydrogen-bond acceptors (Lipinski definition) is 3. The maximum absolute atomic E-state index is 12.3. The van der Waals surface area contributed by atoms with E-state index in [1.165, 1.54) is 10.5 Å². The fourth-order valence-electron chi connectivity index (χ4n) is 2.51. The van der Waals surface area contributed by atoms with Crippen molar-refractivity contribution in [2.24, 2.45) is 0 Å². The van der Waals surface area contributed by atoms with Crippen LogP contribution in [0.1, 0.15) is 12.5 Å². The Labute approximate surface area is 149 Å². The van der Waals surface area contributed by atoms with E-state index in [0.29, 0.717) is 24.6 Å². The number of ether oxygens (including phenoxy) is 2. The number of aryl methyl sites for hydroxylation is 1. The first-order valence-electron chi connectivity index (χ1n) is 8.58. The van der Waals surface area contributed by atoms with Gasteiger partial charge in [-0.3, -0.25) is 4.79 Å². The highest BCUT2D eigenvalue weighted by Gasteiger charge is 2.14. The second kappa shape index (κ2) is 9.69. The summed E-state index contributed by atoms with van der Waals surface area (Å²) < 4.78 is 11.0. The maximum Gasteiger partial charge on any atom is 0.279 e. The van der Waals surface area contributed by atoms with Crippen molar-refractivity contribution in [3.8, 4) is 11.5 Å². The van der Waals surface area contributed by atoms with Crippen LogP contribution in [0, 0.1) is 6.92 Å². The Balaban J connectivity index is 1.80. The van der Waals surface area contributed by atoms with Crippen LogP contribution in [0.4, 0.5) is 5.69 Å².